The molecule has 1 aromatic rings. The van der Waals surface area contributed by atoms with Gasteiger partial charge in [-0.3, -0.25) is 9.79 Å². The molecule has 5 nitrogen and oxygen atoms in total. The minimum Gasteiger partial charge on any atom is -0.370 e. The lowest BCUT2D eigenvalue weighted by Gasteiger charge is -2.19. The van der Waals surface area contributed by atoms with Crippen molar-refractivity contribution >= 4 is 47.4 Å². The Morgan fingerprint density at radius 1 is 1.29 bits per heavy atom. The van der Waals surface area contributed by atoms with E-state index in [0.717, 1.165) is 13.1 Å². The SMILES string of the molecule is CCN(CC)C(N)=NCCNC(=O)c1ccc(Cl)cc1.I. The topological polar surface area (TPSA) is 70.7 Å². The van der Waals surface area contributed by atoms with E-state index >= 15 is 0 Å². The molecule has 3 N–H and O–H groups in total. The molecule has 0 saturated carbocycles. The number of carbonyl (C=O) groups excluding carboxylic acids is 1. The fraction of sp³-hybridized carbons (Fsp3) is 0.429. The highest BCUT2D eigenvalue weighted by molar-refractivity contribution is 14.0. The predicted octanol–water partition coefficient (Wildman–Crippen LogP) is 2.34. The Hall–Kier alpha value is -1.02. The molecular weight excluding hydrogens is 403 g/mol. The number of hydrogen-bond donors (Lipinski definition) is 2. The molecule has 1 aromatic carbocycles. The molecule has 1 amide bonds. The van der Waals surface area contributed by atoms with Crippen molar-refractivity contribution < 1.29 is 4.79 Å². The van der Waals surface area contributed by atoms with E-state index in [2.05, 4.69) is 10.3 Å². The Bertz CT molecular complexity index is 461. The number of amides is 1. The zero-order chi connectivity index (χ0) is 15.0. The summed E-state index contributed by atoms with van der Waals surface area (Å²) in [6.07, 6.45) is 0. The first-order chi connectivity index (χ1) is 9.58. The smallest absolute Gasteiger partial charge is 0.251 e. The highest BCUT2D eigenvalue weighted by Crippen LogP contribution is 2.09. The summed E-state index contributed by atoms with van der Waals surface area (Å²) in [7, 11) is 0. The lowest BCUT2D eigenvalue weighted by Crippen LogP contribution is -2.37. The highest BCUT2D eigenvalue weighted by Gasteiger charge is 2.04. The second kappa shape index (κ2) is 10.7. The summed E-state index contributed by atoms with van der Waals surface area (Å²) in [5.74, 6) is 0.369. The molecule has 0 aromatic heterocycles. The Labute approximate surface area is 148 Å². The van der Waals surface area contributed by atoms with E-state index in [4.69, 9.17) is 17.3 Å². The van der Waals surface area contributed by atoms with Gasteiger partial charge >= 0.3 is 0 Å². The fourth-order valence-corrected chi connectivity index (χ4v) is 1.82. The van der Waals surface area contributed by atoms with E-state index < -0.39 is 0 Å². The minimum absolute atomic E-state index is 0. The standard InChI is InChI=1S/C14H21ClN4O.HI/c1-3-19(4-2)14(16)18-10-9-17-13(20)11-5-7-12(15)8-6-11;/h5-8H,3-4,9-10H2,1-2H3,(H2,16,18)(H,17,20);1H. The Kier molecular flexibility index (Phi) is 10.2. The first-order valence-electron chi connectivity index (χ1n) is 6.67. The van der Waals surface area contributed by atoms with Crippen LogP contribution in [0, 0.1) is 0 Å². The van der Waals surface area contributed by atoms with E-state index in [0.29, 0.717) is 29.6 Å². The van der Waals surface area contributed by atoms with Gasteiger partial charge in [0.25, 0.3) is 5.91 Å². The average Bonchev–Trinajstić information content (AvgIpc) is 2.45. The second-order valence-corrected chi connectivity index (χ2v) is 4.61. The van der Waals surface area contributed by atoms with Gasteiger partial charge in [-0.05, 0) is 38.1 Å². The van der Waals surface area contributed by atoms with Crippen LogP contribution in [-0.2, 0) is 0 Å². The maximum atomic E-state index is 11.8. The van der Waals surface area contributed by atoms with Crippen LogP contribution in [0.15, 0.2) is 29.3 Å². The van der Waals surface area contributed by atoms with Crippen LogP contribution in [0.2, 0.25) is 5.02 Å². The molecule has 0 saturated heterocycles. The number of halogens is 2. The Morgan fingerprint density at radius 2 is 1.86 bits per heavy atom. The molecule has 0 radical (unpaired) electrons. The van der Waals surface area contributed by atoms with Crippen molar-refractivity contribution in [2.45, 2.75) is 13.8 Å². The summed E-state index contributed by atoms with van der Waals surface area (Å²) >= 11 is 5.77. The van der Waals surface area contributed by atoms with Crippen molar-refractivity contribution in [2.75, 3.05) is 26.2 Å². The van der Waals surface area contributed by atoms with Crippen molar-refractivity contribution in [3.8, 4) is 0 Å². The largest absolute Gasteiger partial charge is 0.370 e. The number of rotatable bonds is 6. The molecule has 0 aliphatic rings. The van der Waals surface area contributed by atoms with Crippen LogP contribution in [-0.4, -0.2) is 42.9 Å². The van der Waals surface area contributed by atoms with E-state index in [1.54, 1.807) is 24.3 Å². The molecule has 1 rings (SSSR count). The van der Waals surface area contributed by atoms with Crippen molar-refractivity contribution in [1.82, 2.24) is 10.2 Å². The summed E-state index contributed by atoms with van der Waals surface area (Å²) in [5.41, 5.74) is 6.41. The van der Waals surface area contributed by atoms with E-state index in [-0.39, 0.29) is 29.9 Å². The normalized spacial score (nSPS) is 10.7. The molecule has 0 bridgehead atoms. The predicted molar refractivity (Wildman–Crippen MR) is 98.6 cm³/mol. The summed E-state index contributed by atoms with van der Waals surface area (Å²) < 4.78 is 0. The number of aliphatic imine (C=N–C) groups is 1. The van der Waals surface area contributed by atoms with Gasteiger partial charge in [-0.25, -0.2) is 0 Å². The van der Waals surface area contributed by atoms with Crippen LogP contribution >= 0.6 is 35.6 Å². The van der Waals surface area contributed by atoms with Crippen molar-refractivity contribution in [3.05, 3.63) is 34.9 Å². The lowest BCUT2D eigenvalue weighted by molar-refractivity contribution is 0.0955. The van der Waals surface area contributed by atoms with Crippen LogP contribution < -0.4 is 11.1 Å². The number of nitrogens with one attached hydrogen (secondary N) is 1. The summed E-state index contributed by atoms with van der Waals surface area (Å²) in [5, 5.41) is 3.39. The highest BCUT2D eigenvalue weighted by atomic mass is 127. The molecule has 0 fully saturated rings. The third kappa shape index (κ3) is 6.99. The van der Waals surface area contributed by atoms with Gasteiger partial charge in [0, 0.05) is 30.2 Å². The maximum Gasteiger partial charge on any atom is 0.251 e. The molecular formula is C14H22ClIN4O. The van der Waals surface area contributed by atoms with Crippen molar-refractivity contribution in [3.63, 3.8) is 0 Å². The van der Waals surface area contributed by atoms with Crippen LogP contribution in [0.4, 0.5) is 0 Å². The van der Waals surface area contributed by atoms with E-state index in [9.17, 15) is 4.79 Å². The molecule has 0 aliphatic heterocycles. The maximum absolute atomic E-state index is 11.8. The Morgan fingerprint density at radius 3 is 2.38 bits per heavy atom. The molecule has 7 heteroatoms. The zero-order valence-electron chi connectivity index (χ0n) is 12.3. The summed E-state index contributed by atoms with van der Waals surface area (Å²) in [4.78, 5) is 18.0. The number of carbonyl (C=O) groups is 1. The molecule has 21 heavy (non-hydrogen) atoms. The number of benzene rings is 1. The van der Waals surface area contributed by atoms with Crippen LogP contribution in [0.25, 0.3) is 0 Å². The first-order valence-corrected chi connectivity index (χ1v) is 7.04. The summed E-state index contributed by atoms with van der Waals surface area (Å²) in [6.45, 7) is 6.60. The van der Waals surface area contributed by atoms with Gasteiger partial charge in [0.05, 0.1) is 6.54 Å². The summed E-state index contributed by atoms with van der Waals surface area (Å²) in [6, 6.07) is 6.75. The first kappa shape index (κ1) is 20.0. The van der Waals surface area contributed by atoms with Gasteiger partial charge in [-0.1, -0.05) is 11.6 Å². The average molecular weight is 425 g/mol. The van der Waals surface area contributed by atoms with Gasteiger partial charge in [0.1, 0.15) is 0 Å². The van der Waals surface area contributed by atoms with Gasteiger partial charge < -0.3 is 16.0 Å². The second-order valence-electron chi connectivity index (χ2n) is 4.18. The minimum atomic E-state index is -0.140. The van der Waals surface area contributed by atoms with E-state index in [1.807, 2.05) is 18.7 Å². The van der Waals surface area contributed by atoms with Crippen molar-refractivity contribution in [2.24, 2.45) is 10.7 Å². The molecule has 0 spiro atoms. The zero-order valence-corrected chi connectivity index (χ0v) is 15.4. The van der Waals surface area contributed by atoms with Crippen LogP contribution in [0.5, 0.6) is 0 Å². The number of nitrogens with two attached hydrogens (primary N) is 1. The van der Waals surface area contributed by atoms with E-state index in [1.165, 1.54) is 0 Å². The quantitative estimate of drug-likeness (QED) is 0.319. The van der Waals surface area contributed by atoms with Gasteiger partial charge in [0.2, 0.25) is 0 Å². The number of nitrogens with zero attached hydrogens (tertiary/aromatic N) is 2. The lowest BCUT2D eigenvalue weighted by atomic mass is 10.2. The Balaban J connectivity index is 0.00000400. The van der Waals surface area contributed by atoms with Crippen LogP contribution in [0.1, 0.15) is 24.2 Å². The molecule has 118 valence electrons. The van der Waals surface area contributed by atoms with Crippen molar-refractivity contribution in [1.29, 1.82) is 0 Å². The molecule has 0 aliphatic carbocycles. The molecule has 0 atom stereocenters. The fourth-order valence-electron chi connectivity index (χ4n) is 1.69. The molecule has 0 heterocycles. The van der Waals surface area contributed by atoms with Gasteiger partial charge in [-0.2, -0.15) is 0 Å². The van der Waals surface area contributed by atoms with Gasteiger partial charge in [-0.15, -0.1) is 24.0 Å². The molecule has 0 unspecified atom stereocenters. The number of guanidine groups is 1. The third-order valence-electron chi connectivity index (χ3n) is 2.87. The monoisotopic (exact) mass is 424 g/mol. The van der Waals surface area contributed by atoms with Gasteiger partial charge in [0.15, 0.2) is 5.96 Å². The number of hydrogen-bond acceptors (Lipinski definition) is 2. The van der Waals surface area contributed by atoms with Crippen LogP contribution in [0.3, 0.4) is 0 Å². The third-order valence-corrected chi connectivity index (χ3v) is 3.12.